The minimum atomic E-state index is 0.758. The minimum absolute atomic E-state index is 0.758. The van der Waals surface area contributed by atoms with Crippen LogP contribution >= 0.6 is 0 Å². The van der Waals surface area contributed by atoms with Gasteiger partial charge in [0.25, 0.3) is 0 Å². The van der Waals surface area contributed by atoms with E-state index in [1.807, 2.05) is 6.92 Å². The van der Waals surface area contributed by atoms with Crippen molar-refractivity contribution in [1.82, 2.24) is 4.90 Å². The number of rotatable bonds is 1. The van der Waals surface area contributed by atoms with E-state index in [0.717, 1.165) is 12.0 Å². The van der Waals surface area contributed by atoms with Crippen molar-refractivity contribution in [3.8, 4) is 11.8 Å². The molecule has 2 rings (SSSR count). The van der Waals surface area contributed by atoms with Crippen LogP contribution in [0.4, 0.5) is 0 Å². The molecule has 0 unspecified atom stereocenters. The van der Waals surface area contributed by atoms with Crippen LogP contribution < -0.4 is 0 Å². The molecule has 66 valence electrons. The molecule has 0 N–H and O–H groups in total. The number of nitrogens with zero attached hydrogens (tertiary/aromatic N) is 1. The van der Waals surface area contributed by atoms with E-state index in [2.05, 4.69) is 16.7 Å². The standard InChI is InChI=1S/C11H17N/c1-2-3-8-12-9-4-5-11(10-12)6-7-11/h4-10H2,1H3. The van der Waals surface area contributed by atoms with Crippen molar-refractivity contribution in [1.29, 1.82) is 0 Å². The Bertz CT molecular complexity index is 217. The molecular formula is C11H17N. The predicted octanol–water partition coefficient (Wildman–Crippen LogP) is 1.89. The summed E-state index contributed by atoms with van der Waals surface area (Å²) < 4.78 is 0. The Morgan fingerprint density at radius 3 is 2.83 bits per heavy atom. The first kappa shape index (κ1) is 8.13. The fourth-order valence-corrected chi connectivity index (χ4v) is 2.22. The second-order valence-corrected chi connectivity index (χ2v) is 4.24. The lowest BCUT2D eigenvalue weighted by Crippen LogP contribution is -2.36. The van der Waals surface area contributed by atoms with Gasteiger partial charge >= 0.3 is 0 Å². The molecule has 2 fully saturated rings. The first-order valence-corrected chi connectivity index (χ1v) is 4.97. The van der Waals surface area contributed by atoms with Gasteiger partial charge in [-0.05, 0) is 44.6 Å². The van der Waals surface area contributed by atoms with Crippen molar-refractivity contribution < 1.29 is 0 Å². The Morgan fingerprint density at radius 1 is 1.33 bits per heavy atom. The van der Waals surface area contributed by atoms with Crippen LogP contribution in [-0.2, 0) is 0 Å². The van der Waals surface area contributed by atoms with Crippen molar-refractivity contribution in [3.63, 3.8) is 0 Å². The second kappa shape index (κ2) is 3.11. The maximum Gasteiger partial charge on any atom is 0.0601 e. The second-order valence-electron chi connectivity index (χ2n) is 4.24. The zero-order valence-corrected chi connectivity index (χ0v) is 7.90. The molecule has 0 aromatic heterocycles. The molecule has 1 saturated carbocycles. The van der Waals surface area contributed by atoms with Crippen LogP contribution in [0.3, 0.4) is 0 Å². The smallest absolute Gasteiger partial charge is 0.0601 e. The monoisotopic (exact) mass is 163 g/mol. The minimum Gasteiger partial charge on any atom is -0.292 e. The highest BCUT2D eigenvalue weighted by Gasteiger charge is 2.44. The summed E-state index contributed by atoms with van der Waals surface area (Å²) in [7, 11) is 0. The summed E-state index contributed by atoms with van der Waals surface area (Å²) in [4.78, 5) is 2.52. The summed E-state index contributed by atoms with van der Waals surface area (Å²) in [6, 6.07) is 0. The van der Waals surface area contributed by atoms with E-state index >= 15 is 0 Å². The highest BCUT2D eigenvalue weighted by molar-refractivity contribution is 5.03. The third kappa shape index (κ3) is 1.64. The third-order valence-electron chi connectivity index (χ3n) is 3.18. The molecule has 0 aromatic carbocycles. The van der Waals surface area contributed by atoms with E-state index in [9.17, 15) is 0 Å². The van der Waals surface area contributed by atoms with Crippen molar-refractivity contribution in [3.05, 3.63) is 0 Å². The Kier molecular flexibility index (Phi) is 2.11. The lowest BCUT2D eigenvalue weighted by Gasteiger charge is -2.31. The molecule has 0 radical (unpaired) electrons. The van der Waals surface area contributed by atoms with Gasteiger partial charge in [-0.3, -0.25) is 4.90 Å². The molecular weight excluding hydrogens is 146 g/mol. The highest BCUT2D eigenvalue weighted by Crippen LogP contribution is 2.51. The largest absolute Gasteiger partial charge is 0.292 e. The molecule has 0 bridgehead atoms. The number of hydrogen-bond donors (Lipinski definition) is 0. The zero-order chi connectivity index (χ0) is 8.44. The summed E-state index contributed by atoms with van der Waals surface area (Å²) >= 11 is 0. The SMILES string of the molecule is CC#CCN1CCCC2(CC2)C1. The topological polar surface area (TPSA) is 3.24 Å². The molecule has 0 aromatic rings. The number of piperidine rings is 1. The molecule has 1 aliphatic carbocycles. The molecule has 1 heteroatoms. The summed E-state index contributed by atoms with van der Waals surface area (Å²) in [5.74, 6) is 6.13. The first-order chi connectivity index (χ1) is 5.85. The molecule has 1 nitrogen and oxygen atoms in total. The zero-order valence-electron chi connectivity index (χ0n) is 7.90. The van der Waals surface area contributed by atoms with E-state index < -0.39 is 0 Å². The van der Waals surface area contributed by atoms with E-state index in [1.54, 1.807) is 0 Å². The van der Waals surface area contributed by atoms with Gasteiger partial charge in [0.05, 0.1) is 6.54 Å². The van der Waals surface area contributed by atoms with E-state index in [0.29, 0.717) is 0 Å². The molecule has 12 heavy (non-hydrogen) atoms. The van der Waals surface area contributed by atoms with Gasteiger partial charge in [-0.2, -0.15) is 0 Å². The lowest BCUT2D eigenvalue weighted by atomic mass is 9.95. The number of hydrogen-bond acceptors (Lipinski definition) is 1. The van der Waals surface area contributed by atoms with Gasteiger partial charge in [-0.1, -0.05) is 5.92 Å². The van der Waals surface area contributed by atoms with Crippen LogP contribution in [0.5, 0.6) is 0 Å². The van der Waals surface area contributed by atoms with Crippen molar-refractivity contribution in [2.45, 2.75) is 32.6 Å². The fourth-order valence-electron chi connectivity index (χ4n) is 2.22. The Balaban J connectivity index is 1.85. The summed E-state index contributed by atoms with van der Waals surface area (Å²) in [6.07, 6.45) is 5.82. The fraction of sp³-hybridized carbons (Fsp3) is 0.818. The van der Waals surface area contributed by atoms with E-state index in [4.69, 9.17) is 0 Å². The van der Waals surface area contributed by atoms with Crippen LogP contribution in [0.25, 0.3) is 0 Å². The number of likely N-dealkylation sites (tertiary alicyclic amines) is 1. The summed E-state index contributed by atoms with van der Waals surface area (Å²) in [5.41, 5.74) is 0.758. The maximum atomic E-state index is 3.16. The van der Waals surface area contributed by atoms with E-state index in [1.165, 1.54) is 38.8 Å². The van der Waals surface area contributed by atoms with Crippen LogP contribution in [0, 0.1) is 17.3 Å². The van der Waals surface area contributed by atoms with Gasteiger partial charge < -0.3 is 0 Å². The molecule has 0 atom stereocenters. The summed E-state index contributed by atoms with van der Waals surface area (Å²) in [5, 5.41) is 0. The molecule has 2 aliphatic rings. The van der Waals surface area contributed by atoms with Gasteiger partial charge in [0.15, 0.2) is 0 Å². The van der Waals surface area contributed by atoms with Crippen molar-refractivity contribution in [2.75, 3.05) is 19.6 Å². The average molecular weight is 163 g/mol. The molecule has 1 heterocycles. The molecule has 1 aliphatic heterocycles. The van der Waals surface area contributed by atoms with Crippen LogP contribution in [0.2, 0.25) is 0 Å². The highest BCUT2D eigenvalue weighted by atomic mass is 15.1. The van der Waals surface area contributed by atoms with Gasteiger partial charge in [0.2, 0.25) is 0 Å². The van der Waals surface area contributed by atoms with Crippen molar-refractivity contribution in [2.24, 2.45) is 5.41 Å². The molecule has 1 spiro atoms. The molecule has 1 saturated heterocycles. The Hall–Kier alpha value is -0.480. The Labute approximate surface area is 75.1 Å². The lowest BCUT2D eigenvalue weighted by molar-refractivity contribution is 0.179. The summed E-state index contributed by atoms with van der Waals surface area (Å²) in [6.45, 7) is 5.52. The third-order valence-corrected chi connectivity index (χ3v) is 3.18. The van der Waals surface area contributed by atoms with E-state index in [-0.39, 0.29) is 0 Å². The van der Waals surface area contributed by atoms with Gasteiger partial charge in [-0.25, -0.2) is 0 Å². The average Bonchev–Trinajstić information content (AvgIpc) is 2.82. The van der Waals surface area contributed by atoms with Crippen LogP contribution in [0.15, 0.2) is 0 Å². The van der Waals surface area contributed by atoms with Gasteiger partial charge in [0, 0.05) is 6.54 Å². The van der Waals surface area contributed by atoms with Crippen LogP contribution in [-0.4, -0.2) is 24.5 Å². The van der Waals surface area contributed by atoms with Gasteiger partial charge in [0.1, 0.15) is 0 Å². The maximum absolute atomic E-state index is 3.16. The normalized spacial score (nSPS) is 26.4. The molecule has 0 amide bonds. The predicted molar refractivity (Wildman–Crippen MR) is 50.8 cm³/mol. The quantitative estimate of drug-likeness (QED) is 0.533. The first-order valence-electron chi connectivity index (χ1n) is 4.97. The van der Waals surface area contributed by atoms with Crippen molar-refractivity contribution >= 4 is 0 Å². The van der Waals surface area contributed by atoms with Crippen LogP contribution in [0.1, 0.15) is 32.6 Å². The Morgan fingerprint density at radius 2 is 2.17 bits per heavy atom. The van der Waals surface area contributed by atoms with Gasteiger partial charge in [-0.15, -0.1) is 5.92 Å².